The monoisotopic (exact) mass is 349 g/mol. The van der Waals surface area contributed by atoms with Gasteiger partial charge in [-0.1, -0.05) is 19.1 Å². The van der Waals surface area contributed by atoms with Gasteiger partial charge in [-0.2, -0.15) is 0 Å². The molecule has 0 aliphatic carbocycles. The zero-order valence-electron chi connectivity index (χ0n) is 11.8. The van der Waals surface area contributed by atoms with Gasteiger partial charge in [-0.3, -0.25) is 10.1 Å². The first-order valence-electron chi connectivity index (χ1n) is 6.65. The second-order valence-corrected chi connectivity index (χ2v) is 5.54. The maximum absolute atomic E-state index is 10.9. The summed E-state index contributed by atoms with van der Waals surface area (Å²) in [7, 11) is 0. The topological polar surface area (TPSA) is 68.1 Å². The lowest BCUT2D eigenvalue weighted by molar-refractivity contribution is -0.384. The summed E-state index contributed by atoms with van der Waals surface area (Å²) in [6.45, 7) is 3.96. The van der Waals surface area contributed by atoms with Crippen LogP contribution in [0.3, 0.4) is 0 Å². The first-order chi connectivity index (χ1) is 10.0. The van der Waals surface area contributed by atoms with Crippen LogP contribution in [0.25, 0.3) is 0 Å². The van der Waals surface area contributed by atoms with Crippen molar-refractivity contribution in [3.63, 3.8) is 0 Å². The number of pyridine rings is 1. The molecule has 110 valence electrons. The first kappa shape index (κ1) is 15.4. The van der Waals surface area contributed by atoms with Crippen LogP contribution in [0.1, 0.15) is 30.6 Å². The Labute approximate surface area is 131 Å². The Kier molecular flexibility index (Phi) is 4.90. The number of aromatic nitrogens is 1. The lowest BCUT2D eigenvalue weighted by atomic mass is 10.0. The molecule has 0 saturated heterocycles. The van der Waals surface area contributed by atoms with Crippen molar-refractivity contribution in [2.24, 2.45) is 0 Å². The SMILES string of the molecule is CCC(Nc1ccc(Br)nc1C)c1cccc([N+](=O)[O-])c1. The average Bonchev–Trinajstić information content (AvgIpc) is 2.46. The van der Waals surface area contributed by atoms with E-state index < -0.39 is 0 Å². The minimum absolute atomic E-state index is 0.00609. The molecule has 0 fully saturated rings. The molecule has 1 heterocycles. The molecule has 0 saturated carbocycles. The molecule has 0 aliphatic heterocycles. The number of aryl methyl sites for hydroxylation is 1. The highest BCUT2D eigenvalue weighted by Crippen LogP contribution is 2.27. The van der Waals surface area contributed by atoms with Crippen molar-refractivity contribution in [3.8, 4) is 0 Å². The van der Waals surface area contributed by atoms with E-state index in [0.29, 0.717) is 0 Å². The number of nitro groups is 1. The van der Waals surface area contributed by atoms with Crippen LogP contribution in [0, 0.1) is 17.0 Å². The van der Waals surface area contributed by atoms with Gasteiger partial charge in [-0.25, -0.2) is 4.98 Å². The van der Waals surface area contributed by atoms with Gasteiger partial charge >= 0.3 is 0 Å². The summed E-state index contributed by atoms with van der Waals surface area (Å²) in [5.41, 5.74) is 2.82. The van der Waals surface area contributed by atoms with Gasteiger partial charge in [-0.15, -0.1) is 0 Å². The van der Waals surface area contributed by atoms with Gasteiger partial charge in [0.2, 0.25) is 0 Å². The summed E-state index contributed by atoms with van der Waals surface area (Å²) >= 11 is 3.34. The van der Waals surface area contributed by atoms with Crippen molar-refractivity contribution in [1.29, 1.82) is 0 Å². The molecule has 1 aromatic heterocycles. The van der Waals surface area contributed by atoms with Crippen LogP contribution in [0.5, 0.6) is 0 Å². The number of benzene rings is 1. The Bertz CT molecular complexity index is 661. The molecule has 0 radical (unpaired) electrons. The standard InChI is InChI=1S/C15H16BrN3O2/c1-3-13(11-5-4-6-12(9-11)19(20)21)18-14-7-8-15(16)17-10(14)2/h4-9,13,18H,3H2,1-2H3. The first-order valence-corrected chi connectivity index (χ1v) is 7.44. The number of hydrogen-bond acceptors (Lipinski definition) is 4. The number of halogens is 1. The smallest absolute Gasteiger partial charge is 0.269 e. The summed E-state index contributed by atoms with van der Waals surface area (Å²) in [6.07, 6.45) is 0.816. The van der Waals surface area contributed by atoms with Crippen LogP contribution in [-0.4, -0.2) is 9.91 Å². The largest absolute Gasteiger partial charge is 0.377 e. The second kappa shape index (κ2) is 6.67. The normalized spacial score (nSPS) is 12.0. The van der Waals surface area contributed by atoms with Gasteiger partial charge in [0.15, 0.2) is 0 Å². The van der Waals surface area contributed by atoms with Gasteiger partial charge in [0.25, 0.3) is 5.69 Å². The van der Waals surface area contributed by atoms with Crippen molar-refractivity contribution >= 4 is 27.3 Å². The van der Waals surface area contributed by atoms with E-state index in [9.17, 15) is 10.1 Å². The Balaban J connectivity index is 2.27. The number of anilines is 1. The van der Waals surface area contributed by atoms with Crippen LogP contribution >= 0.6 is 15.9 Å². The molecular weight excluding hydrogens is 334 g/mol. The molecule has 1 unspecified atom stereocenters. The fourth-order valence-corrected chi connectivity index (χ4v) is 2.55. The van der Waals surface area contributed by atoms with E-state index in [4.69, 9.17) is 0 Å². The third-order valence-corrected chi connectivity index (χ3v) is 3.71. The Hall–Kier alpha value is -1.95. The maximum atomic E-state index is 10.9. The van der Waals surface area contributed by atoms with E-state index >= 15 is 0 Å². The number of rotatable bonds is 5. The molecule has 0 amide bonds. The van der Waals surface area contributed by atoms with Gasteiger partial charge in [-0.05, 0) is 47.0 Å². The molecule has 0 spiro atoms. The van der Waals surface area contributed by atoms with Crippen molar-refractivity contribution in [1.82, 2.24) is 4.98 Å². The molecular formula is C15H16BrN3O2. The van der Waals surface area contributed by atoms with Crippen molar-refractivity contribution in [3.05, 3.63) is 62.4 Å². The highest BCUT2D eigenvalue weighted by molar-refractivity contribution is 9.10. The maximum Gasteiger partial charge on any atom is 0.269 e. The predicted octanol–water partition coefficient (Wildman–Crippen LogP) is 4.62. The zero-order chi connectivity index (χ0) is 15.4. The number of nitro benzene ring substituents is 1. The van der Waals surface area contributed by atoms with Gasteiger partial charge in [0, 0.05) is 12.1 Å². The molecule has 0 aliphatic rings. The lowest BCUT2D eigenvalue weighted by Gasteiger charge is -2.19. The highest BCUT2D eigenvalue weighted by atomic mass is 79.9. The molecule has 1 N–H and O–H groups in total. The van der Waals surface area contributed by atoms with E-state index in [-0.39, 0.29) is 16.7 Å². The quantitative estimate of drug-likeness (QED) is 0.485. The van der Waals surface area contributed by atoms with E-state index in [2.05, 4.69) is 26.2 Å². The van der Waals surface area contributed by atoms with Gasteiger partial charge in [0.05, 0.1) is 22.3 Å². The Morgan fingerprint density at radius 1 is 1.38 bits per heavy atom. The molecule has 2 aromatic rings. The van der Waals surface area contributed by atoms with Gasteiger partial charge < -0.3 is 5.32 Å². The van der Waals surface area contributed by atoms with Crippen LogP contribution in [0.2, 0.25) is 0 Å². The summed E-state index contributed by atoms with van der Waals surface area (Å²) < 4.78 is 0.786. The average molecular weight is 350 g/mol. The van der Waals surface area contributed by atoms with Crippen LogP contribution < -0.4 is 5.32 Å². The number of nitrogens with zero attached hydrogens (tertiary/aromatic N) is 2. The van der Waals surface area contributed by atoms with E-state index in [0.717, 1.165) is 28.0 Å². The minimum atomic E-state index is -0.372. The molecule has 1 atom stereocenters. The third kappa shape index (κ3) is 3.78. The van der Waals surface area contributed by atoms with E-state index in [1.165, 1.54) is 6.07 Å². The van der Waals surface area contributed by atoms with E-state index in [1.807, 2.05) is 32.0 Å². The van der Waals surface area contributed by atoms with Crippen molar-refractivity contribution in [2.45, 2.75) is 26.3 Å². The third-order valence-electron chi connectivity index (χ3n) is 3.27. The number of non-ortho nitro benzene ring substituents is 1. The Morgan fingerprint density at radius 2 is 2.14 bits per heavy atom. The molecule has 1 aromatic carbocycles. The fraction of sp³-hybridized carbons (Fsp3) is 0.267. The second-order valence-electron chi connectivity index (χ2n) is 4.72. The minimum Gasteiger partial charge on any atom is -0.377 e. The number of nitrogens with one attached hydrogen (secondary N) is 1. The van der Waals surface area contributed by atoms with E-state index in [1.54, 1.807) is 12.1 Å². The van der Waals surface area contributed by atoms with Crippen LogP contribution in [0.4, 0.5) is 11.4 Å². The fourth-order valence-electron chi connectivity index (χ4n) is 2.15. The molecule has 6 heteroatoms. The van der Waals surface area contributed by atoms with Crippen LogP contribution in [-0.2, 0) is 0 Å². The number of hydrogen-bond donors (Lipinski definition) is 1. The lowest BCUT2D eigenvalue weighted by Crippen LogP contribution is -2.11. The summed E-state index contributed by atoms with van der Waals surface area (Å²) in [5.74, 6) is 0. The zero-order valence-corrected chi connectivity index (χ0v) is 13.4. The van der Waals surface area contributed by atoms with Crippen molar-refractivity contribution < 1.29 is 4.92 Å². The Morgan fingerprint density at radius 3 is 2.76 bits per heavy atom. The molecule has 21 heavy (non-hydrogen) atoms. The molecule has 0 bridgehead atoms. The summed E-state index contributed by atoms with van der Waals surface area (Å²) in [5, 5.41) is 14.3. The molecule has 2 rings (SSSR count). The highest BCUT2D eigenvalue weighted by Gasteiger charge is 2.14. The van der Waals surface area contributed by atoms with Gasteiger partial charge in [0.1, 0.15) is 4.60 Å². The predicted molar refractivity (Wildman–Crippen MR) is 86.4 cm³/mol. The van der Waals surface area contributed by atoms with Crippen molar-refractivity contribution in [2.75, 3.05) is 5.32 Å². The molecule has 5 nitrogen and oxygen atoms in total. The summed E-state index contributed by atoms with van der Waals surface area (Å²) in [4.78, 5) is 14.9. The van der Waals surface area contributed by atoms with Crippen LogP contribution in [0.15, 0.2) is 41.0 Å². The summed E-state index contributed by atoms with van der Waals surface area (Å²) in [6, 6.07) is 10.6.